The van der Waals surface area contributed by atoms with Crippen molar-refractivity contribution in [1.82, 2.24) is 5.32 Å². The molecule has 1 aliphatic rings. The Morgan fingerprint density at radius 2 is 2.26 bits per heavy atom. The van der Waals surface area contributed by atoms with E-state index in [1.165, 1.54) is 0 Å². The Balaban J connectivity index is 2.09. The molecular formula is C13H18BNO4. The predicted octanol–water partition coefficient (Wildman–Crippen LogP) is 1.36. The lowest BCUT2D eigenvalue weighted by Gasteiger charge is -2.21. The molecule has 1 heterocycles. The third-order valence-corrected chi connectivity index (χ3v) is 3.38. The molecule has 5 nitrogen and oxygen atoms in total. The van der Waals surface area contributed by atoms with Gasteiger partial charge in [-0.1, -0.05) is 24.3 Å². The fraction of sp³-hybridized carbons (Fsp3) is 0.462. The van der Waals surface area contributed by atoms with Crippen molar-refractivity contribution in [2.45, 2.75) is 39.0 Å². The number of hydrogen-bond donors (Lipinski definition) is 2. The number of amides is 1. The second-order valence-corrected chi connectivity index (χ2v) is 5.24. The Bertz CT molecular complexity index is 477. The molecule has 0 spiro atoms. The van der Waals surface area contributed by atoms with Crippen molar-refractivity contribution in [1.29, 1.82) is 0 Å². The van der Waals surface area contributed by atoms with Crippen LogP contribution in [0.25, 0.3) is 0 Å². The Labute approximate surface area is 113 Å². The molecule has 0 aliphatic carbocycles. The van der Waals surface area contributed by atoms with Crippen molar-refractivity contribution in [2.24, 2.45) is 0 Å². The van der Waals surface area contributed by atoms with Gasteiger partial charge in [-0.2, -0.15) is 0 Å². The number of benzene rings is 1. The van der Waals surface area contributed by atoms with E-state index in [9.17, 15) is 4.79 Å². The summed E-state index contributed by atoms with van der Waals surface area (Å²) in [5, 5.41) is 10.9. The first-order chi connectivity index (χ1) is 8.88. The van der Waals surface area contributed by atoms with E-state index in [1.807, 2.05) is 45.0 Å². The zero-order valence-corrected chi connectivity index (χ0v) is 11.3. The Morgan fingerprint density at radius 1 is 1.53 bits per heavy atom. The molecule has 1 fully saturated rings. The molecule has 0 aromatic heterocycles. The molecule has 102 valence electrons. The molecule has 1 amide bonds. The van der Waals surface area contributed by atoms with E-state index in [-0.39, 0.29) is 18.2 Å². The fourth-order valence-corrected chi connectivity index (χ4v) is 1.92. The van der Waals surface area contributed by atoms with Crippen molar-refractivity contribution in [3.05, 3.63) is 29.8 Å². The molecule has 6 heteroatoms. The van der Waals surface area contributed by atoms with Crippen LogP contribution < -0.4 is 10.8 Å². The van der Waals surface area contributed by atoms with Crippen LogP contribution in [0.3, 0.4) is 0 Å². The SMILES string of the molecule is CC1OB(c2cccc(CNC(=O)O)c2)OC1(C)C. The molecule has 0 bridgehead atoms. The summed E-state index contributed by atoms with van der Waals surface area (Å²) in [5.41, 5.74) is 1.46. The largest absolute Gasteiger partial charge is 0.494 e. The normalized spacial score (nSPS) is 21.4. The second-order valence-electron chi connectivity index (χ2n) is 5.24. The third kappa shape index (κ3) is 3.27. The number of rotatable bonds is 3. The van der Waals surface area contributed by atoms with Gasteiger partial charge in [0.05, 0.1) is 11.7 Å². The lowest BCUT2D eigenvalue weighted by atomic mass is 9.78. The Hall–Kier alpha value is -1.53. The second kappa shape index (κ2) is 5.23. The number of carbonyl (C=O) groups is 1. The maximum Gasteiger partial charge on any atom is 0.494 e. The Kier molecular flexibility index (Phi) is 3.82. The summed E-state index contributed by atoms with van der Waals surface area (Å²) in [5.74, 6) is 0. The molecule has 2 N–H and O–H groups in total. The van der Waals surface area contributed by atoms with Crippen molar-refractivity contribution in [3.8, 4) is 0 Å². The molecule has 1 atom stereocenters. The summed E-state index contributed by atoms with van der Waals surface area (Å²) in [4.78, 5) is 10.5. The highest BCUT2D eigenvalue weighted by Gasteiger charge is 2.43. The molecule has 1 aromatic rings. The monoisotopic (exact) mass is 263 g/mol. The molecule has 2 rings (SSSR count). The quantitative estimate of drug-likeness (QED) is 0.808. The maximum atomic E-state index is 10.5. The van der Waals surface area contributed by atoms with Gasteiger partial charge in [0.2, 0.25) is 0 Å². The molecular weight excluding hydrogens is 245 g/mol. The fourth-order valence-electron chi connectivity index (χ4n) is 1.92. The van der Waals surface area contributed by atoms with Crippen molar-refractivity contribution in [3.63, 3.8) is 0 Å². The minimum absolute atomic E-state index is 0.0123. The van der Waals surface area contributed by atoms with Gasteiger partial charge in [-0.15, -0.1) is 0 Å². The average molecular weight is 263 g/mol. The highest BCUT2D eigenvalue weighted by atomic mass is 16.7. The number of nitrogens with one attached hydrogen (secondary N) is 1. The number of carboxylic acid groups (broad SMARTS) is 1. The zero-order valence-electron chi connectivity index (χ0n) is 11.3. The van der Waals surface area contributed by atoms with Crippen LogP contribution in [-0.4, -0.2) is 30.0 Å². The standard InChI is InChI=1S/C13H18BNO4/c1-9-13(2,3)19-14(18-9)11-6-4-5-10(7-11)8-15-12(16)17/h4-7,9,15H,8H2,1-3H3,(H,16,17). The van der Waals surface area contributed by atoms with Crippen molar-refractivity contribution < 1.29 is 19.2 Å². The van der Waals surface area contributed by atoms with Gasteiger partial charge < -0.3 is 19.7 Å². The van der Waals surface area contributed by atoms with E-state index < -0.39 is 13.2 Å². The molecule has 1 aliphatic heterocycles. The number of hydrogen-bond acceptors (Lipinski definition) is 3. The minimum atomic E-state index is -1.03. The smallest absolute Gasteiger partial charge is 0.465 e. The molecule has 1 saturated heterocycles. The van der Waals surface area contributed by atoms with E-state index >= 15 is 0 Å². The van der Waals surface area contributed by atoms with Gasteiger partial charge in [-0.25, -0.2) is 4.79 Å². The van der Waals surface area contributed by atoms with Gasteiger partial charge in [0.1, 0.15) is 0 Å². The van der Waals surface area contributed by atoms with E-state index in [4.69, 9.17) is 14.4 Å². The summed E-state index contributed by atoms with van der Waals surface area (Å²) in [7, 11) is -0.394. The van der Waals surface area contributed by atoms with E-state index in [2.05, 4.69) is 5.32 Å². The van der Waals surface area contributed by atoms with Gasteiger partial charge in [0.25, 0.3) is 0 Å². The van der Waals surface area contributed by atoms with Crippen LogP contribution in [0.4, 0.5) is 4.79 Å². The van der Waals surface area contributed by atoms with E-state index in [1.54, 1.807) is 0 Å². The van der Waals surface area contributed by atoms with Crippen molar-refractivity contribution in [2.75, 3.05) is 0 Å². The van der Waals surface area contributed by atoms with Crippen molar-refractivity contribution >= 4 is 18.7 Å². The molecule has 1 aromatic carbocycles. The van der Waals surface area contributed by atoms with Crippen LogP contribution in [0.1, 0.15) is 26.3 Å². The molecule has 0 saturated carbocycles. The first kappa shape index (κ1) is 13.9. The van der Waals surface area contributed by atoms with Crippen LogP contribution in [0.2, 0.25) is 0 Å². The summed E-state index contributed by atoms with van der Waals surface area (Å²) in [6, 6.07) is 7.55. The molecule has 1 unspecified atom stereocenters. The summed E-state index contributed by atoms with van der Waals surface area (Å²) in [6.45, 7) is 6.24. The summed E-state index contributed by atoms with van der Waals surface area (Å²) >= 11 is 0. The average Bonchev–Trinajstić information content (AvgIpc) is 2.62. The molecule has 19 heavy (non-hydrogen) atoms. The van der Waals surface area contributed by atoms with Gasteiger partial charge in [0, 0.05) is 6.54 Å². The zero-order chi connectivity index (χ0) is 14.0. The van der Waals surface area contributed by atoms with Crippen LogP contribution in [0.5, 0.6) is 0 Å². The first-order valence-electron chi connectivity index (χ1n) is 6.27. The maximum absolute atomic E-state index is 10.5. The third-order valence-electron chi connectivity index (χ3n) is 3.38. The minimum Gasteiger partial charge on any atom is -0.465 e. The van der Waals surface area contributed by atoms with E-state index in [0.29, 0.717) is 0 Å². The van der Waals surface area contributed by atoms with Crippen LogP contribution in [0, 0.1) is 0 Å². The first-order valence-corrected chi connectivity index (χ1v) is 6.27. The van der Waals surface area contributed by atoms with Crippen LogP contribution in [0.15, 0.2) is 24.3 Å². The predicted molar refractivity (Wildman–Crippen MR) is 72.4 cm³/mol. The van der Waals surface area contributed by atoms with Gasteiger partial charge in [-0.3, -0.25) is 0 Å². The summed E-state index contributed by atoms with van der Waals surface area (Å²) < 4.78 is 11.7. The summed E-state index contributed by atoms with van der Waals surface area (Å²) in [6.07, 6.45) is -1.02. The Morgan fingerprint density at radius 3 is 2.84 bits per heavy atom. The van der Waals surface area contributed by atoms with Gasteiger partial charge in [0.15, 0.2) is 0 Å². The lowest BCUT2D eigenvalue weighted by molar-refractivity contribution is 0.0842. The highest BCUT2D eigenvalue weighted by molar-refractivity contribution is 6.62. The van der Waals surface area contributed by atoms with Gasteiger partial charge >= 0.3 is 13.2 Å². The topological polar surface area (TPSA) is 67.8 Å². The van der Waals surface area contributed by atoms with Crippen LogP contribution in [-0.2, 0) is 15.9 Å². The van der Waals surface area contributed by atoms with E-state index in [0.717, 1.165) is 11.0 Å². The highest BCUT2D eigenvalue weighted by Crippen LogP contribution is 2.26. The van der Waals surface area contributed by atoms with Gasteiger partial charge in [-0.05, 0) is 31.8 Å². The van der Waals surface area contributed by atoms with Crippen LogP contribution >= 0.6 is 0 Å². The molecule has 0 radical (unpaired) electrons. The lowest BCUT2D eigenvalue weighted by Crippen LogP contribution is -2.35.